The number of rotatable bonds is 3. The zero-order valence-electron chi connectivity index (χ0n) is 8.73. The quantitative estimate of drug-likeness (QED) is 0.849. The van der Waals surface area contributed by atoms with E-state index in [9.17, 15) is 8.42 Å². The molecule has 0 saturated heterocycles. The zero-order valence-corrected chi connectivity index (χ0v) is 11.1. The minimum Gasteiger partial charge on any atom is -0.219 e. The Morgan fingerprint density at radius 2 is 2.12 bits per heavy atom. The Morgan fingerprint density at radius 1 is 1.38 bits per heavy atom. The van der Waals surface area contributed by atoms with Gasteiger partial charge in [0.25, 0.3) is 0 Å². The first-order chi connectivity index (χ1) is 7.54. The number of hydrogen-bond donors (Lipinski definition) is 0. The lowest BCUT2D eigenvalue weighted by Gasteiger charge is -2.03. The van der Waals surface area contributed by atoms with Gasteiger partial charge in [-0.05, 0) is 29.0 Å². The molecule has 0 unspecified atom stereocenters. The second-order valence-corrected chi connectivity index (χ2v) is 6.94. The Labute approximate surface area is 105 Å². The molecule has 0 amide bonds. The highest BCUT2D eigenvalue weighted by molar-refractivity contribution is 8.00. The van der Waals surface area contributed by atoms with Crippen LogP contribution in [0.1, 0.15) is 12.5 Å². The first kappa shape index (κ1) is 12.0. The van der Waals surface area contributed by atoms with E-state index < -0.39 is 9.84 Å². The summed E-state index contributed by atoms with van der Waals surface area (Å²) in [6, 6.07) is 5.03. The number of benzene rings is 1. The predicted octanol–water partition coefficient (Wildman–Crippen LogP) is 3.22. The van der Waals surface area contributed by atoms with Crippen molar-refractivity contribution in [2.24, 2.45) is 0 Å². The summed E-state index contributed by atoms with van der Waals surface area (Å²) >= 11 is 7.52. The number of halogens is 1. The summed E-state index contributed by atoms with van der Waals surface area (Å²) in [5.41, 5.74) is 1.67. The summed E-state index contributed by atoms with van der Waals surface area (Å²) in [6.45, 7) is 2.05. The van der Waals surface area contributed by atoms with Crippen molar-refractivity contribution in [3.8, 4) is 0 Å². The van der Waals surface area contributed by atoms with Crippen molar-refractivity contribution >= 4 is 38.8 Å². The maximum atomic E-state index is 11.8. The third kappa shape index (κ3) is 2.14. The van der Waals surface area contributed by atoms with Crippen LogP contribution in [0, 0.1) is 0 Å². The second kappa shape index (κ2) is 4.43. The summed E-state index contributed by atoms with van der Waals surface area (Å²) in [5, 5.41) is 1.82. The fraction of sp³-hybridized carbons (Fsp3) is 0.273. The third-order valence-corrected chi connectivity index (χ3v) is 5.06. The van der Waals surface area contributed by atoms with Crippen molar-refractivity contribution < 1.29 is 8.42 Å². The van der Waals surface area contributed by atoms with Gasteiger partial charge in [-0.15, -0.1) is 0 Å². The molecule has 5 heteroatoms. The van der Waals surface area contributed by atoms with Crippen molar-refractivity contribution in [3.05, 3.63) is 34.2 Å². The van der Waals surface area contributed by atoms with Crippen molar-refractivity contribution in [1.82, 2.24) is 0 Å². The molecule has 0 atom stereocenters. The molecule has 1 aromatic rings. The predicted molar refractivity (Wildman–Crippen MR) is 69.6 cm³/mol. The Bertz CT molecular complexity index is 547. The maximum Gasteiger partial charge on any atom is 0.200 e. The van der Waals surface area contributed by atoms with E-state index in [4.69, 9.17) is 11.6 Å². The van der Waals surface area contributed by atoms with Gasteiger partial charge in [-0.25, -0.2) is 8.42 Å². The lowest BCUT2D eigenvalue weighted by atomic mass is 10.1. The Kier molecular flexibility index (Phi) is 3.33. The normalized spacial score (nSPS) is 17.0. The lowest BCUT2D eigenvalue weighted by Crippen LogP contribution is -1.92. The first-order valence-corrected chi connectivity index (χ1v) is 7.96. The fourth-order valence-corrected chi connectivity index (χ4v) is 4.15. The van der Waals surface area contributed by atoms with Gasteiger partial charge in [0, 0.05) is 16.2 Å². The summed E-state index contributed by atoms with van der Waals surface area (Å²) in [4.78, 5) is 0.340. The molecule has 0 spiro atoms. The number of fused-ring (bicyclic) bond motifs is 1. The fourth-order valence-electron chi connectivity index (χ4n) is 1.63. The lowest BCUT2D eigenvalue weighted by molar-refractivity contribution is 0.605. The van der Waals surface area contributed by atoms with Crippen LogP contribution in [0.5, 0.6) is 0 Å². The topological polar surface area (TPSA) is 34.1 Å². The van der Waals surface area contributed by atoms with Gasteiger partial charge in [0.2, 0.25) is 9.84 Å². The van der Waals surface area contributed by atoms with Crippen molar-refractivity contribution in [1.29, 1.82) is 0 Å². The largest absolute Gasteiger partial charge is 0.219 e. The van der Waals surface area contributed by atoms with E-state index in [0.29, 0.717) is 9.92 Å². The SMILES string of the molecule is CCSCC1=CS(=O)(=O)c2cc(Cl)ccc21. The van der Waals surface area contributed by atoms with Crippen molar-refractivity contribution in [2.45, 2.75) is 11.8 Å². The molecule has 2 rings (SSSR count). The minimum absolute atomic E-state index is 0.340. The average Bonchev–Trinajstić information content (AvgIpc) is 2.48. The van der Waals surface area contributed by atoms with Crippen molar-refractivity contribution in [3.63, 3.8) is 0 Å². The summed E-state index contributed by atoms with van der Waals surface area (Å²) < 4.78 is 23.7. The van der Waals surface area contributed by atoms with Gasteiger partial charge in [0.05, 0.1) is 4.90 Å². The van der Waals surface area contributed by atoms with Gasteiger partial charge in [0.15, 0.2) is 0 Å². The number of thioether (sulfide) groups is 1. The van der Waals surface area contributed by atoms with Gasteiger partial charge in [0.1, 0.15) is 0 Å². The van der Waals surface area contributed by atoms with Crippen molar-refractivity contribution in [2.75, 3.05) is 11.5 Å². The van der Waals surface area contributed by atoms with Crippen LogP contribution < -0.4 is 0 Å². The van der Waals surface area contributed by atoms with E-state index in [2.05, 4.69) is 6.92 Å². The van der Waals surface area contributed by atoms with Crippen LogP contribution in [0.25, 0.3) is 5.57 Å². The van der Waals surface area contributed by atoms with E-state index >= 15 is 0 Å². The minimum atomic E-state index is -3.27. The molecule has 1 heterocycles. The Hall–Kier alpha value is -0.450. The van der Waals surface area contributed by atoms with Crippen LogP contribution >= 0.6 is 23.4 Å². The molecular weight excluding hydrogens is 264 g/mol. The van der Waals surface area contributed by atoms with Crippen LogP contribution in [-0.2, 0) is 9.84 Å². The monoisotopic (exact) mass is 274 g/mol. The zero-order chi connectivity index (χ0) is 11.8. The maximum absolute atomic E-state index is 11.8. The molecular formula is C11H11ClO2S2. The highest BCUT2D eigenvalue weighted by Gasteiger charge is 2.26. The summed E-state index contributed by atoms with van der Waals surface area (Å²) in [7, 11) is -3.27. The van der Waals surface area contributed by atoms with Crippen LogP contribution in [0.4, 0.5) is 0 Å². The molecule has 86 valence electrons. The number of hydrogen-bond acceptors (Lipinski definition) is 3. The molecule has 1 aliphatic heterocycles. The van der Waals surface area contributed by atoms with E-state index in [0.717, 1.165) is 22.6 Å². The highest BCUT2D eigenvalue weighted by atomic mass is 35.5. The average molecular weight is 275 g/mol. The molecule has 0 fully saturated rings. The molecule has 16 heavy (non-hydrogen) atoms. The van der Waals surface area contributed by atoms with Gasteiger partial charge < -0.3 is 0 Å². The molecule has 0 bridgehead atoms. The molecule has 0 saturated carbocycles. The first-order valence-electron chi connectivity index (χ1n) is 4.88. The van der Waals surface area contributed by atoms with Crippen LogP contribution in [0.2, 0.25) is 5.02 Å². The second-order valence-electron chi connectivity index (χ2n) is 3.47. The summed E-state index contributed by atoms with van der Waals surface area (Å²) in [5.74, 6) is 1.70. The van der Waals surface area contributed by atoms with E-state index in [1.807, 2.05) is 0 Å². The van der Waals surface area contributed by atoms with Gasteiger partial charge in [-0.3, -0.25) is 0 Å². The van der Waals surface area contributed by atoms with Crippen LogP contribution in [-0.4, -0.2) is 19.9 Å². The molecule has 0 aliphatic carbocycles. The Balaban J connectivity index is 2.48. The van der Waals surface area contributed by atoms with Crippen LogP contribution in [0.15, 0.2) is 28.5 Å². The molecule has 1 aromatic carbocycles. The highest BCUT2D eigenvalue weighted by Crippen LogP contribution is 2.36. The van der Waals surface area contributed by atoms with Gasteiger partial charge in [-0.1, -0.05) is 24.6 Å². The molecule has 2 nitrogen and oxygen atoms in total. The Morgan fingerprint density at radius 3 is 2.81 bits per heavy atom. The molecule has 0 aromatic heterocycles. The van der Waals surface area contributed by atoms with E-state index in [1.54, 1.807) is 23.9 Å². The van der Waals surface area contributed by atoms with E-state index in [1.165, 1.54) is 11.5 Å². The smallest absolute Gasteiger partial charge is 0.200 e. The summed E-state index contributed by atoms with van der Waals surface area (Å²) in [6.07, 6.45) is 0. The van der Waals surface area contributed by atoms with Gasteiger partial charge >= 0.3 is 0 Å². The molecule has 0 N–H and O–H groups in total. The standard InChI is InChI=1S/C11H11ClO2S2/c1-2-15-6-8-7-16(13,14)11-5-9(12)3-4-10(8)11/h3-5,7H,2,6H2,1H3. The molecule has 1 aliphatic rings. The van der Waals surface area contributed by atoms with E-state index in [-0.39, 0.29) is 0 Å². The molecule has 0 radical (unpaired) electrons. The van der Waals surface area contributed by atoms with Crippen LogP contribution in [0.3, 0.4) is 0 Å². The number of sulfone groups is 1. The van der Waals surface area contributed by atoms with Gasteiger partial charge in [-0.2, -0.15) is 11.8 Å². The third-order valence-electron chi connectivity index (χ3n) is 2.36.